The largest absolute Gasteiger partial charge is 0.360 e. The van der Waals surface area contributed by atoms with Gasteiger partial charge in [0.1, 0.15) is 5.76 Å². The number of hydrogen-bond acceptors (Lipinski definition) is 6. The minimum Gasteiger partial charge on any atom is -0.360 e. The summed E-state index contributed by atoms with van der Waals surface area (Å²) in [6, 6.07) is 3.79. The Bertz CT molecular complexity index is 956. The van der Waals surface area contributed by atoms with E-state index in [4.69, 9.17) is 4.52 Å². The summed E-state index contributed by atoms with van der Waals surface area (Å²) in [5.41, 5.74) is 5.23. The Hall–Kier alpha value is -2.42. The monoisotopic (exact) mass is 378 g/mol. The van der Waals surface area contributed by atoms with Gasteiger partial charge in [-0.3, -0.25) is 9.36 Å². The molecule has 140 valence electrons. The first kappa shape index (κ1) is 18.4. The van der Waals surface area contributed by atoms with Crippen molar-refractivity contribution in [2.24, 2.45) is 11.0 Å². The lowest BCUT2D eigenvalue weighted by atomic mass is 10.1. The van der Waals surface area contributed by atoms with E-state index in [9.17, 15) is 13.2 Å². The van der Waals surface area contributed by atoms with Crippen LogP contribution in [0.2, 0.25) is 0 Å². The maximum absolute atomic E-state index is 11.9. The average molecular weight is 378 g/mol. The van der Waals surface area contributed by atoms with Gasteiger partial charge in [-0.2, -0.15) is 5.10 Å². The Morgan fingerprint density at radius 1 is 1.42 bits per heavy atom. The molecule has 3 heterocycles. The van der Waals surface area contributed by atoms with Crippen molar-refractivity contribution in [1.82, 2.24) is 15.1 Å². The molecule has 0 aliphatic carbocycles. The Morgan fingerprint density at radius 3 is 2.81 bits per heavy atom. The van der Waals surface area contributed by atoms with Crippen LogP contribution in [0.25, 0.3) is 5.82 Å². The summed E-state index contributed by atoms with van der Waals surface area (Å²) in [7, 11) is -2.97. The fourth-order valence-electron chi connectivity index (χ4n) is 3.24. The minimum absolute atomic E-state index is 0.0857. The molecule has 0 aromatic carbocycles. The highest BCUT2D eigenvalue weighted by molar-refractivity contribution is 7.91. The van der Waals surface area contributed by atoms with Gasteiger partial charge in [-0.25, -0.2) is 13.8 Å². The molecule has 1 N–H and O–H groups in total. The molecule has 1 saturated heterocycles. The zero-order valence-electron chi connectivity index (χ0n) is 15.0. The third kappa shape index (κ3) is 4.04. The third-order valence-corrected chi connectivity index (χ3v) is 6.35. The number of carbonyl (C=O) groups excluding carboxylic acids is 1. The first-order chi connectivity index (χ1) is 12.2. The number of carbonyl (C=O) groups is 1. The number of amides is 1. The molecule has 1 amide bonds. The topological polar surface area (TPSA) is 107 Å². The smallest absolute Gasteiger partial charge is 0.240 e. The van der Waals surface area contributed by atoms with Crippen LogP contribution in [0.4, 0.5) is 0 Å². The predicted molar refractivity (Wildman–Crippen MR) is 97.2 cm³/mol. The quantitative estimate of drug-likeness (QED) is 0.629. The van der Waals surface area contributed by atoms with Gasteiger partial charge >= 0.3 is 0 Å². The van der Waals surface area contributed by atoms with Gasteiger partial charge in [0.15, 0.2) is 15.7 Å². The molecule has 1 fully saturated rings. The van der Waals surface area contributed by atoms with Crippen molar-refractivity contribution in [3.05, 3.63) is 34.8 Å². The van der Waals surface area contributed by atoms with Crippen molar-refractivity contribution in [2.75, 3.05) is 11.5 Å². The molecule has 1 aliphatic heterocycles. The van der Waals surface area contributed by atoms with E-state index >= 15 is 0 Å². The van der Waals surface area contributed by atoms with Gasteiger partial charge in [0.2, 0.25) is 5.91 Å². The number of hydrogen-bond donors (Lipinski definition) is 1. The number of nitrogens with zero attached hydrogens (tertiary/aromatic N) is 3. The molecule has 0 spiro atoms. The predicted octanol–water partition coefficient (Wildman–Crippen LogP) is 1.67. The molecule has 2 aromatic rings. The van der Waals surface area contributed by atoms with Crippen LogP contribution in [0.15, 0.2) is 21.8 Å². The van der Waals surface area contributed by atoms with Gasteiger partial charge < -0.3 is 4.52 Å². The molecule has 8 nitrogen and oxygen atoms in total. The van der Waals surface area contributed by atoms with E-state index in [-0.39, 0.29) is 29.8 Å². The van der Waals surface area contributed by atoms with Crippen LogP contribution in [0, 0.1) is 26.7 Å². The Labute approximate surface area is 152 Å². The summed E-state index contributed by atoms with van der Waals surface area (Å²) in [5, 5.41) is 8.03. The van der Waals surface area contributed by atoms with Gasteiger partial charge in [-0.15, -0.1) is 0 Å². The zero-order chi connectivity index (χ0) is 18.9. The van der Waals surface area contributed by atoms with Gasteiger partial charge in [0.05, 0.1) is 17.7 Å². The molecule has 2 aromatic heterocycles. The van der Waals surface area contributed by atoms with Crippen LogP contribution >= 0.6 is 0 Å². The first-order valence-electron chi connectivity index (χ1n) is 8.40. The van der Waals surface area contributed by atoms with E-state index in [2.05, 4.69) is 15.7 Å². The highest BCUT2D eigenvalue weighted by Gasteiger charge is 2.29. The highest BCUT2D eigenvalue weighted by atomic mass is 32.2. The molecule has 26 heavy (non-hydrogen) atoms. The van der Waals surface area contributed by atoms with E-state index in [1.807, 2.05) is 37.5 Å². The highest BCUT2D eigenvalue weighted by Crippen LogP contribution is 2.21. The maximum Gasteiger partial charge on any atom is 0.240 e. The summed E-state index contributed by atoms with van der Waals surface area (Å²) < 4.78 is 29.9. The van der Waals surface area contributed by atoms with Crippen molar-refractivity contribution >= 4 is 22.0 Å². The fraction of sp³-hybridized carbons (Fsp3) is 0.471. The number of rotatable bonds is 5. The molecular formula is C17H22N4O4S. The van der Waals surface area contributed by atoms with Crippen LogP contribution in [-0.4, -0.2) is 41.8 Å². The molecular weight excluding hydrogens is 356 g/mol. The standard InChI is InChI=1S/C17H22N4O4S/c1-11-6-15(13(3)21(11)16-7-12(2)25-20-16)9-18-19-17(22)8-14-4-5-26(23,24)10-14/h6-7,9,14H,4-5,8,10H2,1-3H3,(H,19,22)/b18-9-/t14-/m1/s1. The van der Waals surface area contributed by atoms with Crippen LogP contribution in [0.3, 0.4) is 0 Å². The Kier molecular flexibility index (Phi) is 4.99. The summed E-state index contributed by atoms with van der Waals surface area (Å²) in [5.74, 6) is 1.29. The van der Waals surface area contributed by atoms with Crippen molar-refractivity contribution in [2.45, 2.75) is 33.6 Å². The fourth-order valence-corrected chi connectivity index (χ4v) is 5.11. The zero-order valence-corrected chi connectivity index (χ0v) is 15.8. The van der Waals surface area contributed by atoms with E-state index in [0.717, 1.165) is 22.7 Å². The van der Waals surface area contributed by atoms with Crippen molar-refractivity contribution in [3.63, 3.8) is 0 Å². The van der Waals surface area contributed by atoms with E-state index in [1.165, 1.54) is 0 Å². The second-order valence-corrected chi connectivity index (χ2v) is 8.95. The van der Waals surface area contributed by atoms with Gasteiger partial charge in [0.25, 0.3) is 0 Å². The summed E-state index contributed by atoms with van der Waals surface area (Å²) in [4.78, 5) is 11.9. The van der Waals surface area contributed by atoms with Crippen LogP contribution < -0.4 is 5.43 Å². The van der Waals surface area contributed by atoms with Gasteiger partial charge in [0, 0.05) is 29.4 Å². The summed E-state index contributed by atoms with van der Waals surface area (Å²) >= 11 is 0. The van der Waals surface area contributed by atoms with Crippen molar-refractivity contribution in [3.8, 4) is 5.82 Å². The maximum atomic E-state index is 11.9. The number of hydrazone groups is 1. The number of sulfone groups is 1. The lowest BCUT2D eigenvalue weighted by Crippen LogP contribution is -2.21. The Morgan fingerprint density at radius 2 is 2.19 bits per heavy atom. The number of nitrogens with one attached hydrogen (secondary N) is 1. The Balaban J connectivity index is 1.63. The molecule has 1 aliphatic rings. The lowest BCUT2D eigenvalue weighted by Gasteiger charge is -2.05. The van der Waals surface area contributed by atoms with Crippen molar-refractivity contribution in [1.29, 1.82) is 0 Å². The second-order valence-electron chi connectivity index (χ2n) is 6.72. The molecule has 3 rings (SSSR count). The van der Waals surface area contributed by atoms with E-state index in [0.29, 0.717) is 12.2 Å². The molecule has 9 heteroatoms. The molecule has 0 saturated carbocycles. The third-order valence-electron chi connectivity index (χ3n) is 4.51. The van der Waals surface area contributed by atoms with Gasteiger partial charge in [-0.1, -0.05) is 5.16 Å². The van der Waals surface area contributed by atoms with E-state index in [1.54, 1.807) is 6.21 Å². The van der Waals surface area contributed by atoms with Crippen LogP contribution in [-0.2, 0) is 14.6 Å². The van der Waals surface area contributed by atoms with E-state index < -0.39 is 9.84 Å². The first-order valence-corrected chi connectivity index (χ1v) is 10.2. The second kappa shape index (κ2) is 7.06. The molecule has 0 radical (unpaired) electrons. The van der Waals surface area contributed by atoms with Crippen LogP contribution in [0.5, 0.6) is 0 Å². The molecule has 1 atom stereocenters. The SMILES string of the molecule is Cc1cc(-n2c(C)cc(/C=N\NC(=O)C[C@H]3CCS(=O)(=O)C3)c2C)no1. The summed E-state index contributed by atoms with van der Waals surface area (Å²) in [6.45, 7) is 5.72. The van der Waals surface area contributed by atoms with Crippen molar-refractivity contribution < 1.29 is 17.7 Å². The lowest BCUT2D eigenvalue weighted by molar-refractivity contribution is -0.121. The number of aryl methyl sites for hydroxylation is 2. The van der Waals surface area contributed by atoms with Gasteiger partial charge in [-0.05, 0) is 39.2 Å². The van der Waals surface area contributed by atoms with Crippen LogP contribution in [0.1, 0.15) is 35.6 Å². The summed E-state index contributed by atoms with van der Waals surface area (Å²) in [6.07, 6.45) is 2.29. The normalized spacial score (nSPS) is 19.3. The average Bonchev–Trinajstić information content (AvgIpc) is 3.18. The molecule has 0 bridgehead atoms. The molecule has 0 unspecified atom stereocenters. The minimum atomic E-state index is -2.97. The number of aromatic nitrogens is 2.